The van der Waals surface area contributed by atoms with Crippen molar-refractivity contribution in [3.05, 3.63) is 28.8 Å². The molecule has 5 heteroatoms. The third-order valence-electron chi connectivity index (χ3n) is 5.04. The molecule has 0 radical (unpaired) electrons. The Morgan fingerprint density at radius 2 is 1.54 bits per heavy atom. The van der Waals surface area contributed by atoms with Crippen molar-refractivity contribution >= 4 is 10.0 Å². The fourth-order valence-corrected chi connectivity index (χ4v) is 5.68. The molecule has 1 saturated carbocycles. The topological polar surface area (TPSA) is 61.2 Å². The van der Waals surface area contributed by atoms with Crippen molar-refractivity contribution < 1.29 is 8.42 Å². The van der Waals surface area contributed by atoms with Crippen molar-refractivity contribution in [3.63, 3.8) is 0 Å². The lowest BCUT2D eigenvalue weighted by atomic mass is 9.89. The van der Waals surface area contributed by atoms with Crippen LogP contribution in [0.2, 0.25) is 0 Å². The first-order valence-electron chi connectivity index (χ1n) is 9.67. The van der Waals surface area contributed by atoms with E-state index in [-0.39, 0.29) is 30.8 Å². The molecule has 1 aromatic carbocycles. The second-order valence-electron chi connectivity index (χ2n) is 8.25. The average molecular weight is 377 g/mol. The Labute approximate surface area is 159 Å². The minimum absolute atomic E-state index is 0.0538. The van der Waals surface area contributed by atoms with Gasteiger partial charge in [-0.05, 0) is 47.3 Å². The summed E-state index contributed by atoms with van der Waals surface area (Å²) in [4.78, 5) is 0.483. The standard InChI is InChI=1S/C21H32N2O2S/c1-14(2)17-12-19(15(3)4)21(20(13-17)16(5)6)26(24,25)23(11-7-10-22)18-8-9-18/h12-16,18H,7-9,11H2,1-6H3. The van der Waals surface area contributed by atoms with E-state index in [0.29, 0.717) is 10.8 Å². The Morgan fingerprint density at radius 1 is 1.04 bits per heavy atom. The Balaban J connectivity index is 2.70. The van der Waals surface area contributed by atoms with Crippen LogP contribution in [-0.4, -0.2) is 25.3 Å². The summed E-state index contributed by atoms with van der Waals surface area (Å²) < 4.78 is 28.9. The zero-order valence-electron chi connectivity index (χ0n) is 16.9. The van der Waals surface area contributed by atoms with Crippen molar-refractivity contribution in [2.45, 2.75) is 89.5 Å². The highest BCUT2D eigenvalue weighted by molar-refractivity contribution is 7.89. The number of nitriles is 1. The van der Waals surface area contributed by atoms with E-state index in [1.165, 1.54) is 5.56 Å². The molecule has 0 amide bonds. The van der Waals surface area contributed by atoms with Crippen LogP contribution in [0.1, 0.15) is 95.2 Å². The maximum Gasteiger partial charge on any atom is 0.243 e. The number of benzene rings is 1. The molecule has 0 saturated heterocycles. The fraction of sp³-hybridized carbons (Fsp3) is 0.667. The molecule has 2 rings (SSSR count). The van der Waals surface area contributed by atoms with Gasteiger partial charge in [0.2, 0.25) is 10.0 Å². The molecule has 0 spiro atoms. The first kappa shape index (κ1) is 20.9. The molecule has 1 aromatic rings. The smallest absolute Gasteiger partial charge is 0.207 e. The van der Waals surface area contributed by atoms with Crippen molar-refractivity contribution in [3.8, 4) is 6.07 Å². The van der Waals surface area contributed by atoms with Gasteiger partial charge in [-0.1, -0.05) is 53.7 Å². The quantitative estimate of drug-likeness (QED) is 0.632. The van der Waals surface area contributed by atoms with Gasteiger partial charge >= 0.3 is 0 Å². The molecule has 1 aliphatic rings. The van der Waals surface area contributed by atoms with Gasteiger partial charge in [0.25, 0.3) is 0 Å². The summed E-state index contributed by atoms with van der Waals surface area (Å²) in [6, 6.07) is 6.30. The molecule has 0 heterocycles. The minimum Gasteiger partial charge on any atom is -0.207 e. The highest BCUT2D eigenvalue weighted by Gasteiger charge is 2.40. The average Bonchev–Trinajstić information content (AvgIpc) is 3.38. The number of nitrogens with zero attached hydrogens (tertiary/aromatic N) is 2. The molecule has 0 N–H and O–H groups in total. The molecular weight excluding hydrogens is 344 g/mol. The molecule has 4 nitrogen and oxygen atoms in total. The predicted octanol–water partition coefficient (Wildman–Crippen LogP) is 5.12. The Morgan fingerprint density at radius 3 is 1.88 bits per heavy atom. The SMILES string of the molecule is CC(C)c1cc(C(C)C)c(S(=O)(=O)N(CCC#N)C2CC2)c(C(C)C)c1. The first-order valence-corrected chi connectivity index (χ1v) is 11.1. The normalized spacial score (nSPS) is 15.3. The van der Waals surface area contributed by atoms with Crippen LogP contribution < -0.4 is 0 Å². The van der Waals surface area contributed by atoms with Crippen LogP contribution in [0.4, 0.5) is 0 Å². The van der Waals surface area contributed by atoms with Gasteiger partial charge in [-0.15, -0.1) is 0 Å². The van der Waals surface area contributed by atoms with Gasteiger partial charge in [0.15, 0.2) is 0 Å². The number of hydrogen-bond donors (Lipinski definition) is 0. The van der Waals surface area contributed by atoms with Crippen LogP contribution in [0.15, 0.2) is 17.0 Å². The van der Waals surface area contributed by atoms with Gasteiger partial charge in [-0.3, -0.25) is 0 Å². The van der Waals surface area contributed by atoms with Gasteiger partial charge in [0.1, 0.15) is 0 Å². The van der Waals surface area contributed by atoms with E-state index in [9.17, 15) is 8.42 Å². The first-order chi connectivity index (χ1) is 12.1. The predicted molar refractivity (Wildman–Crippen MR) is 106 cm³/mol. The molecule has 0 aromatic heterocycles. The van der Waals surface area contributed by atoms with Gasteiger partial charge in [-0.2, -0.15) is 9.57 Å². The molecule has 26 heavy (non-hydrogen) atoms. The highest BCUT2D eigenvalue weighted by Crippen LogP contribution is 2.39. The summed E-state index contributed by atoms with van der Waals surface area (Å²) in [5, 5.41) is 8.97. The van der Waals surface area contributed by atoms with Gasteiger partial charge in [0, 0.05) is 19.0 Å². The second kappa shape index (κ2) is 8.10. The van der Waals surface area contributed by atoms with Crippen LogP contribution in [0.25, 0.3) is 0 Å². The van der Waals surface area contributed by atoms with E-state index in [4.69, 9.17) is 5.26 Å². The Hall–Kier alpha value is -1.38. The molecule has 144 valence electrons. The third-order valence-corrected chi connectivity index (χ3v) is 7.13. The maximum absolute atomic E-state index is 13.7. The summed E-state index contributed by atoms with van der Waals surface area (Å²) in [6.07, 6.45) is 2.01. The lowest BCUT2D eigenvalue weighted by Crippen LogP contribution is -2.35. The van der Waals surface area contributed by atoms with Crippen LogP contribution in [0.3, 0.4) is 0 Å². The van der Waals surface area contributed by atoms with Crippen molar-refractivity contribution in [1.82, 2.24) is 4.31 Å². The molecule has 0 atom stereocenters. The largest absolute Gasteiger partial charge is 0.243 e. The molecule has 1 aliphatic carbocycles. The van der Waals surface area contributed by atoms with Gasteiger partial charge in [-0.25, -0.2) is 8.42 Å². The number of rotatable bonds is 8. The van der Waals surface area contributed by atoms with Crippen molar-refractivity contribution in [2.24, 2.45) is 0 Å². The monoisotopic (exact) mass is 376 g/mol. The maximum atomic E-state index is 13.7. The molecule has 0 bridgehead atoms. The van der Waals surface area contributed by atoms with E-state index < -0.39 is 10.0 Å². The second-order valence-corrected chi connectivity index (χ2v) is 10.1. The highest BCUT2D eigenvalue weighted by atomic mass is 32.2. The summed E-state index contributed by atoms with van der Waals surface area (Å²) in [5.74, 6) is 0.584. The van der Waals surface area contributed by atoms with Crippen LogP contribution in [0, 0.1) is 11.3 Å². The van der Waals surface area contributed by atoms with Crippen LogP contribution in [-0.2, 0) is 10.0 Å². The number of hydrogen-bond acceptors (Lipinski definition) is 3. The Kier molecular flexibility index (Phi) is 6.52. The lowest BCUT2D eigenvalue weighted by Gasteiger charge is -2.28. The van der Waals surface area contributed by atoms with E-state index in [1.807, 2.05) is 0 Å². The zero-order valence-corrected chi connectivity index (χ0v) is 17.7. The van der Waals surface area contributed by atoms with E-state index in [1.54, 1.807) is 4.31 Å². The summed E-state index contributed by atoms with van der Waals surface area (Å²) >= 11 is 0. The molecular formula is C21H32N2O2S. The van der Waals surface area contributed by atoms with Gasteiger partial charge < -0.3 is 0 Å². The summed E-state index contributed by atoms with van der Waals surface area (Å²) in [7, 11) is -3.62. The molecule has 0 unspecified atom stereocenters. The summed E-state index contributed by atoms with van der Waals surface area (Å²) in [5.41, 5.74) is 3.00. The van der Waals surface area contributed by atoms with Crippen LogP contribution in [0.5, 0.6) is 0 Å². The van der Waals surface area contributed by atoms with Crippen LogP contribution >= 0.6 is 0 Å². The fourth-order valence-electron chi connectivity index (χ4n) is 3.33. The van der Waals surface area contributed by atoms with Gasteiger partial charge in [0.05, 0.1) is 11.0 Å². The van der Waals surface area contributed by atoms with Crippen molar-refractivity contribution in [1.29, 1.82) is 5.26 Å². The third kappa shape index (κ3) is 4.29. The molecule has 1 fully saturated rings. The number of sulfonamides is 1. The zero-order chi connectivity index (χ0) is 19.6. The van der Waals surface area contributed by atoms with E-state index in [2.05, 4.69) is 59.7 Å². The Bertz CT molecular complexity index is 756. The molecule has 0 aliphatic heterocycles. The van der Waals surface area contributed by atoms with E-state index in [0.717, 1.165) is 24.0 Å². The lowest BCUT2D eigenvalue weighted by molar-refractivity contribution is 0.409. The summed E-state index contributed by atoms with van der Waals surface area (Å²) in [6.45, 7) is 12.8. The minimum atomic E-state index is -3.62. The van der Waals surface area contributed by atoms with Crippen molar-refractivity contribution in [2.75, 3.05) is 6.54 Å². The van der Waals surface area contributed by atoms with E-state index >= 15 is 0 Å².